The fourth-order valence-electron chi connectivity index (χ4n) is 7.48. The lowest BCUT2D eigenvalue weighted by molar-refractivity contribution is -0.137. The zero-order valence-corrected chi connectivity index (χ0v) is 31.7. The van der Waals surface area contributed by atoms with Crippen LogP contribution in [-0.2, 0) is 43.0 Å². The van der Waals surface area contributed by atoms with Crippen molar-refractivity contribution in [3.8, 4) is 22.3 Å². The van der Waals surface area contributed by atoms with Crippen LogP contribution in [0.5, 0.6) is 0 Å². The van der Waals surface area contributed by atoms with Crippen molar-refractivity contribution in [2.45, 2.75) is 50.5 Å². The number of benzene rings is 6. The molecule has 10 heteroatoms. The lowest BCUT2D eigenvalue weighted by atomic mass is 9.92. The Bertz CT molecular complexity index is 2270. The third-order valence-corrected chi connectivity index (χ3v) is 10.6. The van der Waals surface area contributed by atoms with E-state index in [0.29, 0.717) is 30.3 Å². The highest BCUT2D eigenvalue weighted by Crippen LogP contribution is 2.39. The van der Waals surface area contributed by atoms with Crippen LogP contribution in [0.3, 0.4) is 0 Å². The third kappa shape index (κ3) is 10.4. The molecule has 3 heterocycles. The molecule has 1 saturated heterocycles. The summed E-state index contributed by atoms with van der Waals surface area (Å²) in [7, 11) is 0. The van der Waals surface area contributed by atoms with Gasteiger partial charge in [-0.3, -0.25) is 4.90 Å². The highest BCUT2D eigenvalue weighted by molar-refractivity contribution is 5.70. The highest BCUT2D eigenvalue weighted by Gasteiger charge is 2.34. The number of alkyl halides is 6. The van der Waals surface area contributed by atoms with Gasteiger partial charge >= 0.3 is 12.4 Å². The van der Waals surface area contributed by atoms with Crippen LogP contribution in [0.25, 0.3) is 22.3 Å². The zero-order chi connectivity index (χ0) is 40.7. The van der Waals surface area contributed by atoms with E-state index in [-0.39, 0.29) is 11.1 Å². The molecule has 0 radical (unpaired) electrons. The maximum atomic E-state index is 13.4. The first-order valence-corrected chi connectivity index (χ1v) is 19.3. The lowest BCUT2D eigenvalue weighted by Gasteiger charge is -2.31. The first-order valence-electron chi connectivity index (χ1n) is 19.3. The summed E-state index contributed by atoms with van der Waals surface area (Å²) in [5.74, 6) is 0. The van der Waals surface area contributed by atoms with Crippen LogP contribution in [0, 0.1) is 0 Å². The number of ether oxygens (including phenoxy) is 1. The second-order valence-corrected chi connectivity index (χ2v) is 14.6. The van der Waals surface area contributed by atoms with Gasteiger partial charge in [-0.1, -0.05) is 121 Å². The third-order valence-electron chi connectivity index (χ3n) is 10.6. The van der Waals surface area contributed by atoms with Crippen molar-refractivity contribution in [3.63, 3.8) is 0 Å². The van der Waals surface area contributed by atoms with E-state index in [1.165, 1.54) is 35.4 Å². The monoisotopic (exact) mass is 794 g/mol. The summed E-state index contributed by atoms with van der Waals surface area (Å²) in [5, 5.41) is 13.8. The quantitative estimate of drug-likeness (QED) is 0.130. The molecule has 1 fully saturated rings. The second-order valence-electron chi connectivity index (χ2n) is 14.6. The van der Waals surface area contributed by atoms with E-state index in [1.807, 2.05) is 72.8 Å². The van der Waals surface area contributed by atoms with Crippen LogP contribution in [-0.4, -0.2) is 36.2 Å². The van der Waals surface area contributed by atoms with E-state index in [2.05, 4.69) is 22.3 Å². The molecule has 0 bridgehead atoms. The van der Waals surface area contributed by atoms with Gasteiger partial charge in [-0.2, -0.15) is 26.3 Å². The summed E-state index contributed by atoms with van der Waals surface area (Å²) in [5.41, 5.74) is 7.09. The molecule has 0 aliphatic carbocycles. The Hall–Kier alpha value is -5.26. The Labute approximate surface area is 334 Å². The summed E-state index contributed by atoms with van der Waals surface area (Å²) in [6.07, 6.45) is -7.16. The molecule has 0 amide bonds. The Kier molecular flexibility index (Phi) is 12.8. The van der Waals surface area contributed by atoms with Gasteiger partial charge in [-0.15, -0.1) is 0 Å². The van der Waals surface area contributed by atoms with Gasteiger partial charge < -0.3 is 15.2 Å². The standard InChI is InChI=1S/C24H22F3NO.C16H14F3N.C8H8O/c25-24(26,27)22-9-5-4-8-21(22)19-11-10-17-12-13-28(15-20(17)14-19)16-23(29)18-6-2-1-3-7-18;17-16(18,19)15-4-2-1-3-14(15)12-6-5-11-7-8-20-10-13(11)9-12;1-2-4-7(5-3-1)8-6-9-8/h1-11,14,23,29H,12-13,15-16H2;1-6,9,20H,7-8,10H2;1-5,8H,6H2. The molecular formula is C48H44F6N2O2. The second kappa shape index (κ2) is 18.1. The van der Waals surface area contributed by atoms with Gasteiger partial charge in [0, 0.05) is 26.2 Å². The minimum absolute atomic E-state index is 0.198. The molecule has 6 aromatic rings. The van der Waals surface area contributed by atoms with Crippen molar-refractivity contribution in [2.24, 2.45) is 0 Å². The zero-order valence-electron chi connectivity index (χ0n) is 31.7. The number of epoxide rings is 1. The average Bonchev–Trinajstić information content (AvgIpc) is 4.10. The molecule has 0 spiro atoms. The summed E-state index contributed by atoms with van der Waals surface area (Å²) >= 11 is 0. The minimum atomic E-state index is -4.39. The number of fused-ring (bicyclic) bond motifs is 2. The number of hydrogen-bond acceptors (Lipinski definition) is 4. The van der Waals surface area contributed by atoms with E-state index >= 15 is 0 Å². The van der Waals surface area contributed by atoms with E-state index < -0.39 is 29.6 Å². The van der Waals surface area contributed by atoms with E-state index in [9.17, 15) is 31.4 Å². The molecule has 6 aromatic carbocycles. The molecule has 2 unspecified atom stereocenters. The van der Waals surface area contributed by atoms with Gasteiger partial charge in [0.25, 0.3) is 0 Å². The van der Waals surface area contributed by atoms with Crippen molar-refractivity contribution >= 4 is 0 Å². The first kappa shape index (κ1) is 40.9. The van der Waals surface area contributed by atoms with E-state index in [4.69, 9.17) is 4.74 Å². The van der Waals surface area contributed by atoms with E-state index in [1.54, 1.807) is 24.3 Å². The number of halogens is 6. The molecule has 0 saturated carbocycles. The fraction of sp³-hybridized carbons (Fsp3) is 0.250. The molecule has 4 nitrogen and oxygen atoms in total. The van der Waals surface area contributed by atoms with Crippen molar-refractivity contribution in [1.82, 2.24) is 10.2 Å². The van der Waals surface area contributed by atoms with Gasteiger partial charge in [0.1, 0.15) is 6.10 Å². The van der Waals surface area contributed by atoms with Crippen LogP contribution >= 0.6 is 0 Å². The van der Waals surface area contributed by atoms with Gasteiger partial charge in [0.15, 0.2) is 0 Å². The fourth-order valence-corrected chi connectivity index (χ4v) is 7.48. The number of rotatable bonds is 6. The topological polar surface area (TPSA) is 48.0 Å². The predicted molar refractivity (Wildman–Crippen MR) is 215 cm³/mol. The molecule has 300 valence electrons. The lowest BCUT2D eigenvalue weighted by Crippen LogP contribution is -2.34. The Balaban J connectivity index is 0.000000151. The molecule has 2 N–H and O–H groups in total. The molecule has 3 aliphatic heterocycles. The number of nitrogens with one attached hydrogen (secondary N) is 1. The SMILES string of the molecule is FC(F)(F)c1ccccc1-c1ccc2c(c1)CNCC2.OC(CN1CCc2ccc(-c3ccccc3C(F)(F)F)cc2C1)c1ccccc1.c1ccc(C2CO2)cc1. The highest BCUT2D eigenvalue weighted by atomic mass is 19.4. The van der Waals surface area contributed by atoms with Crippen LogP contribution in [0.4, 0.5) is 26.3 Å². The van der Waals surface area contributed by atoms with Gasteiger partial charge in [0.05, 0.1) is 23.8 Å². The first-order chi connectivity index (χ1) is 27.9. The summed E-state index contributed by atoms with van der Waals surface area (Å²) < 4.78 is 84.5. The van der Waals surface area contributed by atoms with Crippen molar-refractivity contribution in [1.29, 1.82) is 0 Å². The Morgan fingerprint density at radius 3 is 1.71 bits per heavy atom. The number of β-amino-alcohol motifs (C(OH)–C–C–N with tert-alkyl or cyclic N) is 1. The number of aliphatic hydroxyl groups is 1. The Morgan fingerprint density at radius 1 is 0.621 bits per heavy atom. The van der Waals surface area contributed by atoms with Gasteiger partial charge in [-0.25, -0.2) is 0 Å². The number of hydrogen-bond donors (Lipinski definition) is 2. The molecule has 2 atom stereocenters. The number of aliphatic hydroxyl groups excluding tert-OH is 1. The maximum Gasteiger partial charge on any atom is 0.417 e. The molecule has 9 rings (SSSR count). The smallest absolute Gasteiger partial charge is 0.387 e. The van der Waals surface area contributed by atoms with Crippen LogP contribution < -0.4 is 5.32 Å². The molecule has 58 heavy (non-hydrogen) atoms. The molecule has 3 aliphatic rings. The predicted octanol–water partition coefficient (Wildman–Crippen LogP) is 11.2. The molecule has 0 aromatic heterocycles. The van der Waals surface area contributed by atoms with Gasteiger partial charge in [0.2, 0.25) is 0 Å². The summed E-state index contributed by atoms with van der Waals surface area (Å²) in [4.78, 5) is 2.15. The number of nitrogens with zero attached hydrogens (tertiary/aromatic N) is 1. The van der Waals surface area contributed by atoms with E-state index in [0.717, 1.165) is 73.5 Å². The summed E-state index contributed by atoms with van der Waals surface area (Å²) in [6.45, 7) is 4.47. The van der Waals surface area contributed by atoms with Crippen molar-refractivity contribution < 1.29 is 36.2 Å². The molecular weight excluding hydrogens is 751 g/mol. The van der Waals surface area contributed by atoms with Crippen LogP contribution in [0.1, 0.15) is 56.7 Å². The minimum Gasteiger partial charge on any atom is -0.387 e. The average molecular weight is 795 g/mol. The van der Waals surface area contributed by atoms with Crippen molar-refractivity contribution in [2.75, 3.05) is 26.2 Å². The normalized spacial score (nSPS) is 16.7. The summed E-state index contributed by atoms with van der Waals surface area (Å²) in [6, 6.07) is 42.4. The van der Waals surface area contributed by atoms with Gasteiger partial charge in [-0.05, 0) is 99.3 Å². The van der Waals surface area contributed by atoms with Crippen LogP contribution in [0.15, 0.2) is 146 Å². The largest absolute Gasteiger partial charge is 0.417 e. The van der Waals surface area contributed by atoms with Crippen molar-refractivity contribution in [3.05, 3.63) is 190 Å². The Morgan fingerprint density at radius 2 is 1.14 bits per heavy atom. The maximum absolute atomic E-state index is 13.4. The van der Waals surface area contributed by atoms with Crippen LogP contribution in [0.2, 0.25) is 0 Å².